The number of hydrogen-bond acceptors (Lipinski definition) is 1. The van der Waals surface area contributed by atoms with Gasteiger partial charge in [0, 0.05) is 18.3 Å². The molecule has 0 spiro atoms. The van der Waals surface area contributed by atoms with Crippen LogP contribution in [0, 0.1) is 5.82 Å². The smallest absolute Gasteiger partial charge is 0.147 e. The van der Waals surface area contributed by atoms with Gasteiger partial charge in [-0.25, -0.2) is 9.37 Å². The standard InChI is InChI=1S/C10H8ClFN2/c11-6-8-1-2-10(9(12)5-8)14-4-3-13-7-14/h1-5,7H,6H2. The highest BCUT2D eigenvalue weighted by Crippen LogP contribution is 2.15. The fourth-order valence-electron chi connectivity index (χ4n) is 1.24. The van der Waals surface area contributed by atoms with Gasteiger partial charge in [0.2, 0.25) is 0 Å². The molecule has 0 aliphatic heterocycles. The molecule has 2 aromatic rings. The van der Waals surface area contributed by atoms with Crippen LogP contribution in [-0.2, 0) is 5.88 Å². The lowest BCUT2D eigenvalue weighted by Gasteiger charge is -2.04. The molecule has 1 heterocycles. The van der Waals surface area contributed by atoms with Gasteiger partial charge in [-0.15, -0.1) is 11.6 Å². The lowest BCUT2D eigenvalue weighted by atomic mass is 10.2. The Labute approximate surface area is 86.0 Å². The summed E-state index contributed by atoms with van der Waals surface area (Å²) in [5, 5.41) is 0. The van der Waals surface area contributed by atoms with E-state index in [2.05, 4.69) is 4.98 Å². The summed E-state index contributed by atoms with van der Waals surface area (Å²) in [6, 6.07) is 4.92. The molecule has 0 radical (unpaired) electrons. The maximum absolute atomic E-state index is 13.5. The summed E-state index contributed by atoms with van der Waals surface area (Å²) in [5.41, 5.74) is 1.25. The largest absolute Gasteiger partial charge is 0.303 e. The molecule has 4 heteroatoms. The molecule has 0 saturated heterocycles. The van der Waals surface area contributed by atoms with E-state index in [1.807, 2.05) is 0 Å². The van der Waals surface area contributed by atoms with Gasteiger partial charge < -0.3 is 4.57 Å². The van der Waals surface area contributed by atoms with Crippen molar-refractivity contribution in [2.45, 2.75) is 5.88 Å². The Morgan fingerprint density at radius 3 is 2.86 bits per heavy atom. The molecule has 1 aromatic carbocycles. The molecule has 14 heavy (non-hydrogen) atoms. The zero-order valence-corrected chi connectivity index (χ0v) is 8.08. The third kappa shape index (κ3) is 1.63. The van der Waals surface area contributed by atoms with Crippen LogP contribution >= 0.6 is 11.6 Å². The normalized spacial score (nSPS) is 10.4. The quantitative estimate of drug-likeness (QED) is 0.697. The van der Waals surface area contributed by atoms with Crippen molar-refractivity contribution in [2.24, 2.45) is 0 Å². The van der Waals surface area contributed by atoms with Gasteiger partial charge in [-0.3, -0.25) is 0 Å². The highest BCUT2D eigenvalue weighted by Gasteiger charge is 2.04. The molecule has 0 N–H and O–H groups in total. The highest BCUT2D eigenvalue weighted by molar-refractivity contribution is 6.17. The number of nitrogens with zero attached hydrogens (tertiary/aromatic N) is 2. The molecule has 0 aliphatic rings. The number of benzene rings is 1. The van der Waals surface area contributed by atoms with Gasteiger partial charge in [0.25, 0.3) is 0 Å². The van der Waals surface area contributed by atoms with Crippen LogP contribution in [0.5, 0.6) is 0 Å². The van der Waals surface area contributed by atoms with Gasteiger partial charge in [-0.1, -0.05) is 6.07 Å². The number of halogens is 2. The fourth-order valence-corrected chi connectivity index (χ4v) is 1.41. The van der Waals surface area contributed by atoms with Crippen molar-refractivity contribution in [3.05, 3.63) is 48.3 Å². The third-order valence-corrected chi connectivity index (χ3v) is 2.26. The molecule has 0 unspecified atom stereocenters. The SMILES string of the molecule is Fc1cc(CCl)ccc1-n1ccnc1. The van der Waals surface area contributed by atoms with Crippen molar-refractivity contribution in [3.8, 4) is 5.69 Å². The first kappa shape index (κ1) is 9.21. The minimum absolute atomic E-state index is 0.291. The summed E-state index contributed by atoms with van der Waals surface area (Å²) in [4.78, 5) is 3.85. The molecule has 72 valence electrons. The number of aromatic nitrogens is 2. The van der Waals surface area contributed by atoms with Crippen molar-refractivity contribution in [1.82, 2.24) is 9.55 Å². The van der Waals surface area contributed by atoms with Crippen molar-refractivity contribution in [1.29, 1.82) is 0 Å². The second kappa shape index (κ2) is 3.80. The zero-order valence-electron chi connectivity index (χ0n) is 7.32. The zero-order chi connectivity index (χ0) is 9.97. The predicted molar refractivity (Wildman–Crippen MR) is 53.1 cm³/mol. The van der Waals surface area contributed by atoms with Crippen molar-refractivity contribution < 1.29 is 4.39 Å². The molecular formula is C10H8ClFN2. The van der Waals surface area contributed by atoms with E-state index in [-0.39, 0.29) is 5.82 Å². The summed E-state index contributed by atoms with van der Waals surface area (Å²) in [6.45, 7) is 0. The van der Waals surface area contributed by atoms with Crippen LogP contribution in [0.25, 0.3) is 5.69 Å². The van der Waals surface area contributed by atoms with E-state index in [0.29, 0.717) is 11.6 Å². The van der Waals surface area contributed by atoms with Gasteiger partial charge in [0.05, 0.1) is 12.0 Å². The second-order valence-electron chi connectivity index (χ2n) is 2.89. The highest BCUT2D eigenvalue weighted by atomic mass is 35.5. The molecule has 2 rings (SSSR count). The van der Waals surface area contributed by atoms with Crippen molar-refractivity contribution in [2.75, 3.05) is 0 Å². The lowest BCUT2D eigenvalue weighted by molar-refractivity contribution is 0.616. The fraction of sp³-hybridized carbons (Fsp3) is 0.100. The first-order valence-electron chi connectivity index (χ1n) is 4.14. The topological polar surface area (TPSA) is 17.8 Å². The Balaban J connectivity index is 2.46. The molecule has 0 atom stereocenters. The lowest BCUT2D eigenvalue weighted by Crippen LogP contribution is -1.95. The number of rotatable bonds is 2. The molecule has 0 saturated carbocycles. The molecule has 0 amide bonds. The number of alkyl halides is 1. The van der Waals surface area contributed by atoms with E-state index < -0.39 is 0 Å². The first-order valence-corrected chi connectivity index (χ1v) is 4.67. The molecule has 0 bridgehead atoms. The predicted octanol–water partition coefficient (Wildman–Crippen LogP) is 2.75. The average molecular weight is 211 g/mol. The van der Waals surface area contributed by atoms with E-state index in [1.54, 1.807) is 35.4 Å². The minimum atomic E-state index is -0.291. The summed E-state index contributed by atoms with van der Waals surface area (Å²) in [6.07, 6.45) is 4.85. The second-order valence-corrected chi connectivity index (χ2v) is 3.16. The summed E-state index contributed by atoms with van der Waals surface area (Å²) < 4.78 is 15.1. The molecular weight excluding hydrogens is 203 g/mol. The van der Waals surface area contributed by atoms with E-state index in [9.17, 15) is 4.39 Å². The van der Waals surface area contributed by atoms with Gasteiger partial charge in [-0.05, 0) is 17.7 Å². The monoisotopic (exact) mass is 210 g/mol. The van der Waals surface area contributed by atoms with Gasteiger partial charge >= 0.3 is 0 Å². The summed E-state index contributed by atoms with van der Waals surface area (Å²) >= 11 is 5.59. The Kier molecular flexibility index (Phi) is 2.50. The van der Waals surface area contributed by atoms with Crippen molar-refractivity contribution >= 4 is 11.6 Å². The Morgan fingerprint density at radius 1 is 1.43 bits per heavy atom. The van der Waals surface area contributed by atoms with E-state index in [4.69, 9.17) is 11.6 Å². The number of imidazole rings is 1. The molecule has 1 aromatic heterocycles. The maximum atomic E-state index is 13.5. The van der Waals surface area contributed by atoms with Crippen molar-refractivity contribution in [3.63, 3.8) is 0 Å². The van der Waals surface area contributed by atoms with Crippen LogP contribution in [0.1, 0.15) is 5.56 Å². The van der Waals surface area contributed by atoms with Crippen LogP contribution in [0.15, 0.2) is 36.9 Å². The molecule has 0 aliphatic carbocycles. The van der Waals surface area contributed by atoms with Crippen LogP contribution < -0.4 is 0 Å². The van der Waals surface area contributed by atoms with Crippen LogP contribution in [-0.4, -0.2) is 9.55 Å². The summed E-state index contributed by atoms with van der Waals surface area (Å²) in [5.74, 6) is 0.0300. The third-order valence-electron chi connectivity index (χ3n) is 1.95. The number of hydrogen-bond donors (Lipinski definition) is 0. The molecule has 2 nitrogen and oxygen atoms in total. The Morgan fingerprint density at radius 2 is 2.29 bits per heavy atom. The van der Waals surface area contributed by atoms with Crippen LogP contribution in [0.2, 0.25) is 0 Å². The molecule has 0 fully saturated rings. The Hall–Kier alpha value is -1.35. The van der Waals surface area contributed by atoms with Crippen LogP contribution in [0.3, 0.4) is 0 Å². The van der Waals surface area contributed by atoms with Gasteiger partial charge in [0.15, 0.2) is 0 Å². The minimum Gasteiger partial charge on any atom is -0.303 e. The average Bonchev–Trinajstić information content (AvgIpc) is 2.70. The van der Waals surface area contributed by atoms with Gasteiger partial charge in [-0.2, -0.15) is 0 Å². The van der Waals surface area contributed by atoms with E-state index in [0.717, 1.165) is 5.56 Å². The maximum Gasteiger partial charge on any atom is 0.147 e. The Bertz CT molecular complexity index is 426. The first-order chi connectivity index (χ1) is 6.81. The van der Waals surface area contributed by atoms with E-state index >= 15 is 0 Å². The van der Waals surface area contributed by atoms with Crippen LogP contribution in [0.4, 0.5) is 4.39 Å². The van der Waals surface area contributed by atoms with Gasteiger partial charge in [0.1, 0.15) is 5.82 Å². The van der Waals surface area contributed by atoms with E-state index in [1.165, 1.54) is 6.07 Å². The summed E-state index contributed by atoms with van der Waals surface area (Å²) in [7, 11) is 0.